The fourth-order valence-corrected chi connectivity index (χ4v) is 0.842. The van der Waals surface area contributed by atoms with Crippen molar-refractivity contribution in [1.82, 2.24) is 5.06 Å². The number of hydroxylamine groups is 2. The highest BCUT2D eigenvalue weighted by Crippen LogP contribution is 1.98. The van der Waals surface area contributed by atoms with Crippen molar-refractivity contribution in [1.29, 1.82) is 0 Å². The lowest BCUT2D eigenvalue weighted by Gasteiger charge is -2.20. The number of carbonyl (C=O) groups is 1. The Hall–Kier alpha value is -0.570. The molecule has 0 spiro atoms. The van der Waals surface area contributed by atoms with Crippen molar-refractivity contribution in [3.8, 4) is 0 Å². The fraction of sp³-hybridized carbons (Fsp3) is 0.889. The maximum atomic E-state index is 11.2. The predicted octanol–water partition coefficient (Wildman–Crippen LogP) is 1.98. The van der Waals surface area contributed by atoms with Crippen LogP contribution in [0.3, 0.4) is 0 Å². The van der Waals surface area contributed by atoms with Gasteiger partial charge in [-0.3, -0.25) is 9.63 Å². The summed E-state index contributed by atoms with van der Waals surface area (Å²) >= 11 is 0. The molecule has 12 heavy (non-hydrogen) atoms. The van der Waals surface area contributed by atoms with Crippen molar-refractivity contribution in [3.63, 3.8) is 0 Å². The highest BCUT2D eigenvalue weighted by Gasteiger charge is 2.09. The van der Waals surface area contributed by atoms with Crippen LogP contribution in [0.1, 0.15) is 40.0 Å². The first-order valence-electron chi connectivity index (χ1n) is 4.69. The van der Waals surface area contributed by atoms with Gasteiger partial charge in [-0.1, -0.05) is 20.8 Å². The zero-order chi connectivity index (χ0) is 9.40. The van der Waals surface area contributed by atoms with Gasteiger partial charge in [0.05, 0.1) is 6.61 Å². The van der Waals surface area contributed by atoms with Gasteiger partial charge in [-0.25, -0.2) is 5.06 Å². The standard InChI is InChI=1S/C9H19NO2/c1-4-7-10(9(11)6-3)12-8-5-2/h4-8H2,1-3H3. The lowest BCUT2D eigenvalue weighted by atomic mass is 10.4. The van der Waals surface area contributed by atoms with Crippen molar-refractivity contribution in [3.05, 3.63) is 0 Å². The molecule has 0 aromatic rings. The zero-order valence-electron chi connectivity index (χ0n) is 8.30. The van der Waals surface area contributed by atoms with Crippen LogP contribution >= 0.6 is 0 Å². The summed E-state index contributed by atoms with van der Waals surface area (Å²) in [6.45, 7) is 7.24. The Morgan fingerprint density at radius 2 is 1.92 bits per heavy atom. The van der Waals surface area contributed by atoms with E-state index < -0.39 is 0 Å². The van der Waals surface area contributed by atoms with E-state index in [4.69, 9.17) is 4.84 Å². The molecule has 0 saturated carbocycles. The van der Waals surface area contributed by atoms with E-state index in [0.29, 0.717) is 19.6 Å². The molecule has 0 unspecified atom stereocenters. The minimum Gasteiger partial charge on any atom is -0.273 e. The van der Waals surface area contributed by atoms with Gasteiger partial charge in [0.25, 0.3) is 0 Å². The third kappa shape index (κ3) is 4.34. The van der Waals surface area contributed by atoms with Crippen LogP contribution in [0.2, 0.25) is 0 Å². The fourth-order valence-electron chi connectivity index (χ4n) is 0.842. The van der Waals surface area contributed by atoms with E-state index in [2.05, 4.69) is 0 Å². The van der Waals surface area contributed by atoms with Crippen LogP contribution in [0.4, 0.5) is 0 Å². The van der Waals surface area contributed by atoms with Gasteiger partial charge >= 0.3 is 0 Å². The summed E-state index contributed by atoms with van der Waals surface area (Å²) in [5.41, 5.74) is 0. The van der Waals surface area contributed by atoms with Crippen LogP contribution in [-0.4, -0.2) is 24.1 Å². The molecule has 0 aliphatic heterocycles. The van der Waals surface area contributed by atoms with Gasteiger partial charge in [0.2, 0.25) is 5.91 Å². The first-order valence-corrected chi connectivity index (χ1v) is 4.69. The maximum absolute atomic E-state index is 11.2. The van der Waals surface area contributed by atoms with Crippen LogP contribution in [0.25, 0.3) is 0 Å². The van der Waals surface area contributed by atoms with Crippen LogP contribution in [-0.2, 0) is 9.63 Å². The van der Waals surface area contributed by atoms with Crippen molar-refractivity contribution in [2.24, 2.45) is 0 Å². The van der Waals surface area contributed by atoms with E-state index in [1.165, 1.54) is 5.06 Å². The molecule has 0 aromatic heterocycles. The van der Waals surface area contributed by atoms with Crippen LogP contribution in [0.5, 0.6) is 0 Å². The first-order chi connectivity index (χ1) is 5.76. The number of rotatable bonds is 6. The molecule has 0 heterocycles. The van der Waals surface area contributed by atoms with E-state index in [1.54, 1.807) is 0 Å². The monoisotopic (exact) mass is 173 g/mol. The second-order valence-electron chi connectivity index (χ2n) is 2.68. The second kappa shape index (κ2) is 7.10. The Morgan fingerprint density at radius 1 is 1.25 bits per heavy atom. The van der Waals surface area contributed by atoms with Gasteiger partial charge in [0.15, 0.2) is 0 Å². The SMILES string of the molecule is CCCON(CCC)C(=O)CC. The van der Waals surface area contributed by atoms with E-state index in [9.17, 15) is 4.79 Å². The molecule has 3 nitrogen and oxygen atoms in total. The highest BCUT2D eigenvalue weighted by atomic mass is 16.7. The van der Waals surface area contributed by atoms with Crippen LogP contribution < -0.4 is 0 Å². The number of amides is 1. The summed E-state index contributed by atoms with van der Waals surface area (Å²) in [5, 5.41) is 1.48. The highest BCUT2D eigenvalue weighted by molar-refractivity contribution is 5.74. The van der Waals surface area contributed by atoms with Gasteiger partial charge in [-0.05, 0) is 12.8 Å². The minimum absolute atomic E-state index is 0.0744. The molecule has 0 saturated heterocycles. The molecular weight excluding hydrogens is 154 g/mol. The largest absolute Gasteiger partial charge is 0.273 e. The van der Waals surface area contributed by atoms with Gasteiger partial charge in [0.1, 0.15) is 0 Å². The molecule has 1 amide bonds. The summed E-state index contributed by atoms with van der Waals surface area (Å²) in [5.74, 6) is 0.0744. The Bertz CT molecular complexity index is 126. The quantitative estimate of drug-likeness (QED) is 0.575. The molecule has 0 rings (SSSR count). The molecule has 0 aliphatic rings. The van der Waals surface area contributed by atoms with Gasteiger partial charge in [0, 0.05) is 13.0 Å². The molecule has 0 aliphatic carbocycles. The van der Waals surface area contributed by atoms with E-state index >= 15 is 0 Å². The maximum Gasteiger partial charge on any atom is 0.245 e. The Kier molecular flexibility index (Phi) is 6.76. The topological polar surface area (TPSA) is 29.5 Å². The van der Waals surface area contributed by atoms with Gasteiger partial charge in [-0.2, -0.15) is 0 Å². The normalized spacial score (nSPS) is 9.92. The molecular formula is C9H19NO2. The van der Waals surface area contributed by atoms with E-state index in [-0.39, 0.29) is 5.91 Å². The van der Waals surface area contributed by atoms with Crippen LogP contribution in [0.15, 0.2) is 0 Å². The van der Waals surface area contributed by atoms with Crippen molar-refractivity contribution < 1.29 is 9.63 Å². The van der Waals surface area contributed by atoms with Gasteiger partial charge in [-0.15, -0.1) is 0 Å². The third-order valence-electron chi connectivity index (χ3n) is 1.46. The number of nitrogens with zero attached hydrogens (tertiary/aromatic N) is 1. The summed E-state index contributed by atoms with van der Waals surface area (Å²) in [4.78, 5) is 16.5. The summed E-state index contributed by atoms with van der Waals surface area (Å²) in [6.07, 6.45) is 2.40. The number of carbonyl (C=O) groups excluding carboxylic acids is 1. The molecule has 0 fully saturated rings. The summed E-state index contributed by atoms with van der Waals surface area (Å²) in [6, 6.07) is 0. The van der Waals surface area contributed by atoms with E-state index in [1.807, 2.05) is 20.8 Å². The lowest BCUT2D eigenvalue weighted by molar-refractivity contribution is -0.186. The Morgan fingerprint density at radius 3 is 2.33 bits per heavy atom. The third-order valence-corrected chi connectivity index (χ3v) is 1.46. The second-order valence-corrected chi connectivity index (χ2v) is 2.68. The van der Waals surface area contributed by atoms with Crippen molar-refractivity contribution in [2.45, 2.75) is 40.0 Å². The molecule has 72 valence electrons. The molecule has 0 atom stereocenters. The Balaban J connectivity index is 3.76. The molecule has 0 N–H and O–H groups in total. The van der Waals surface area contributed by atoms with E-state index in [0.717, 1.165) is 12.8 Å². The summed E-state index contributed by atoms with van der Waals surface area (Å²) in [7, 11) is 0. The first kappa shape index (κ1) is 11.4. The average Bonchev–Trinajstić information content (AvgIpc) is 2.11. The van der Waals surface area contributed by atoms with Crippen molar-refractivity contribution >= 4 is 5.91 Å². The molecule has 0 radical (unpaired) electrons. The smallest absolute Gasteiger partial charge is 0.245 e. The average molecular weight is 173 g/mol. The molecule has 3 heteroatoms. The lowest BCUT2D eigenvalue weighted by Crippen LogP contribution is -2.31. The van der Waals surface area contributed by atoms with Crippen LogP contribution in [0, 0.1) is 0 Å². The predicted molar refractivity (Wildman–Crippen MR) is 48.5 cm³/mol. The Labute approximate surface area is 74.6 Å². The summed E-state index contributed by atoms with van der Waals surface area (Å²) < 4.78 is 0. The minimum atomic E-state index is 0.0744. The van der Waals surface area contributed by atoms with Crippen molar-refractivity contribution in [2.75, 3.05) is 13.2 Å². The molecule has 0 bridgehead atoms. The number of hydrogen-bond donors (Lipinski definition) is 0. The molecule has 0 aromatic carbocycles. The zero-order valence-corrected chi connectivity index (χ0v) is 8.30. The number of hydrogen-bond acceptors (Lipinski definition) is 2. The van der Waals surface area contributed by atoms with Gasteiger partial charge < -0.3 is 0 Å².